The average Bonchev–Trinajstić information content (AvgIpc) is 3.04. The fraction of sp³-hybridized carbons (Fsp3) is 0. The third kappa shape index (κ3) is 3.98. The minimum Gasteiger partial charge on any atom is -0.306 e. The van der Waals surface area contributed by atoms with Gasteiger partial charge >= 0.3 is 0 Å². The Hall–Kier alpha value is -5.66. The molecule has 1 aliphatic rings. The fourth-order valence-corrected chi connectivity index (χ4v) is 5.47. The molecule has 0 saturated heterocycles. The van der Waals surface area contributed by atoms with Crippen molar-refractivity contribution in [2.24, 2.45) is 0 Å². The van der Waals surface area contributed by atoms with Crippen LogP contribution in [-0.2, 0) is 0 Å². The molecule has 0 radical (unpaired) electrons. The van der Waals surface area contributed by atoms with Gasteiger partial charge in [-0.1, -0.05) is 78.9 Å². The third-order valence-corrected chi connectivity index (χ3v) is 7.29. The topological polar surface area (TPSA) is 43.2 Å². The van der Waals surface area contributed by atoms with Crippen molar-refractivity contribution in [2.75, 3.05) is 9.80 Å². The normalized spacial score (nSPS) is 11.9. The number of pyridine rings is 1. The van der Waals surface area contributed by atoms with E-state index in [9.17, 15) is 5.26 Å². The molecule has 0 unspecified atom stereocenters. The molecule has 2 heterocycles. The van der Waals surface area contributed by atoms with Crippen molar-refractivity contribution < 1.29 is 0 Å². The molecule has 5 aromatic carbocycles. The van der Waals surface area contributed by atoms with Crippen molar-refractivity contribution in [3.63, 3.8) is 0 Å². The summed E-state index contributed by atoms with van der Waals surface area (Å²) >= 11 is 0. The second kappa shape index (κ2) is 9.90. The Bertz CT molecular complexity index is 1820. The number of anilines is 6. The van der Waals surface area contributed by atoms with Crippen LogP contribution in [0.3, 0.4) is 0 Å². The molecule has 0 bridgehead atoms. The van der Waals surface area contributed by atoms with Gasteiger partial charge in [-0.2, -0.15) is 5.26 Å². The number of para-hydroxylation sites is 5. The molecular formula is C36H24N4. The highest BCUT2D eigenvalue weighted by atomic mass is 15.3. The van der Waals surface area contributed by atoms with E-state index in [0.717, 1.165) is 56.4 Å². The lowest BCUT2D eigenvalue weighted by Gasteiger charge is -2.40. The van der Waals surface area contributed by atoms with Crippen molar-refractivity contribution in [3.05, 3.63) is 151 Å². The van der Waals surface area contributed by atoms with Gasteiger partial charge in [0.1, 0.15) is 11.8 Å². The lowest BCUT2D eigenvalue weighted by molar-refractivity contribution is 1.17. The van der Waals surface area contributed by atoms with E-state index in [-0.39, 0.29) is 0 Å². The maximum absolute atomic E-state index is 9.47. The SMILES string of the molecule is N#Cc1ncccc1-c1ccc(-c2cccc(N3c4ccccc4N(c4ccccc4)c4ccccc43)c2)cc1. The molecular weight excluding hydrogens is 488 g/mol. The number of rotatable bonds is 4. The molecule has 0 atom stereocenters. The molecule has 6 aromatic rings. The largest absolute Gasteiger partial charge is 0.306 e. The molecule has 0 fully saturated rings. The Morgan fingerprint density at radius 2 is 1.02 bits per heavy atom. The molecule has 0 spiro atoms. The zero-order valence-electron chi connectivity index (χ0n) is 21.6. The van der Waals surface area contributed by atoms with Crippen LogP contribution >= 0.6 is 0 Å². The van der Waals surface area contributed by atoms with Gasteiger partial charge in [-0.05, 0) is 77.4 Å². The smallest absolute Gasteiger partial charge is 0.148 e. The number of nitrogens with zero attached hydrogens (tertiary/aromatic N) is 4. The molecule has 0 amide bonds. The van der Waals surface area contributed by atoms with Crippen molar-refractivity contribution in [1.82, 2.24) is 4.98 Å². The first-order chi connectivity index (χ1) is 19.8. The fourth-order valence-electron chi connectivity index (χ4n) is 5.47. The number of fused-ring (bicyclic) bond motifs is 2. The zero-order valence-corrected chi connectivity index (χ0v) is 21.6. The molecule has 4 nitrogen and oxygen atoms in total. The molecule has 1 aliphatic heterocycles. The maximum Gasteiger partial charge on any atom is 0.148 e. The van der Waals surface area contributed by atoms with E-state index in [0.29, 0.717) is 5.69 Å². The van der Waals surface area contributed by atoms with Gasteiger partial charge in [0, 0.05) is 23.1 Å². The number of benzene rings is 5. The van der Waals surface area contributed by atoms with E-state index in [1.54, 1.807) is 6.20 Å². The molecule has 7 rings (SSSR count). The number of hydrogen-bond acceptors (Lipinski definition) is 4. The first-order valence-corrected chi connectivity index (χ1v) is 13.2. The van der Waals surface area contributed by atoms with Gasteiger partial charge in [0.2, 0.25) is 0 Å². The highest BCUT2D eigenvalue weighted by Crippen LogP contribution is 2.54. The van der Waals surface area contributed by atoms with E-state index in [1.165, 1.54) is 0 Å². The Morgan fingerprint density at radius 1 is 0.475 bits per heavy atom. The standard InChI is InChI=1S/C36H24N4/c37-25-32-31(14-9-23-38-32)27-21-19-26(20-22-27)28-10-8-13-30(24-28)40-35-17-6-4-15-33(35)39(29-11-2-1-3-12-29)34-16-5-7-18-36(34)40/h1-24H. The van der Waals surface area contributed by atoms with Crippen LogP contribution in [-0.4, -0.2) is 4.98 Å². The van der Waals surface area contributed by atoms with Gasteiger partial charge in [-0.25, -0.2) is 4.98 Å². The lowest BCUT2D eigenvalue weighted by Crippen LogP contribution is -2.23. The van der Waals surface area contributed by atoms with E-state index in [1.807, 2.05) is 12.1 Å². The summed E-state index contributed by atoms with van der Waals surface area (Å²) in [5.41, 5.74) is 11.2. The van der Waals surface area contributed by atoms with Crippen LogP contribution < -0.4 is 9.80 Å². The first kappa shape index (κ1) is 23.5. The van der Waals surface area contributed by atoms with Crippen LogP contribution in [0, 0.1) is 11.3 Å². The van der Waals surface area contributed by atoms with Crippen LogP contribution in [0.15, 0.2) is 146 Å². The summed E-state index contributed by atoms with van der Waals surface area (Å²) in [6, 6.07) is 50.6. The Kier molecular flexibility index (Phi) is 5.81. The summed E-state index contributed by atoms with van der Waals surface area (Å²) < 4.78 is 0. The number of aromatic nitrogens is 1. The van der Waals surface area contributed by atoms with Crippen LogP contribution in [0.4, 0.5) is 34.1 Å². The lowest BCUT2D eigenvalue weighted by atomic mass is 9.98. The van der Waals surface area contributed by atoms with Crippen molar-refractivity contribution in [2.45, 2.75) is 0 Å². The highest BCUT2D eigenvalue weighted by Gasteiger charge is 2.29. The van der Waals surface area contributed by atoms with Crippen LogP contribution in [0.25, 0.3) is 22.3 Å². The predicted octanol–water partition coefficient (Wildman–Crippen LogP) is 9.54. The second-order valence-corrected chi connectivity index (χ2v) is 9.62. The third-order valence-electron chi connectivity index (χ3n) is 7.29. The summed E-state index contributed by atoms with van der Waals surface area (Å²) in [7, 11) is 0. The van der Waals surface area contributed by atoms with Crippen LogP contribution in [0.1, 0.15) is 5.69 Å². The van der Waals surface area contributed by atoms with Crippen molar-refractivity contribution >= 4 is 34.1 Å². The van der Waals surface area contributed by atoms with E-state index in [2.05, 4.69) is 148 Å². The maximum atomic E-state index is 9.47. The summed E-state index contributed by atoms with van der Waals surface area (Å²) in [5.74, 6) is 0. The molecule has 40 heavy (non-hydrogen) atoms. The minimum absolute atomic E-state index is 0.434. The molecule has 1 aromatic heterocycles. The van der Waals surface area contributed by atoms with E-state index in [4.69, 9.17) is 0 Å². The Labute approximate surface area is 233 Å². The predicted molar refractivity (Wildman–Crippen MR) is 163 cm³/mol. The highest BCUT2D eigenvalue weighted by molar-refractivity contribution is 6.01. The van der Waals surface area contributed by atoms with Crippen molar-refractivity contribution in [3.8, 4) is 28.3 Å². The monoisotopic (exact) mass is 512 g/mol. The second-order valence-electron chi connectivity index (χ2n) is 9.62. The zero-order chi connectivity index (χ0) is 26.9. The first-order valence-electron chi connectivity index (χ1n) is 13.2. The summed E-state index contributed by atoms with van der Waals surface area (Å²) in [6.07, 6.45) is 1.65. The number of hydrogen-bond donors (Lipinski definition) is 0. The Balaban J connectivity index is 1.32. The van der Waals surface area contributed by atoms with Crippen molar-refractivity contribution in [1.29, 1.82) is 5.26 Å². The summed E-state index contributed by atoms with van der Waals surface area (Å²) in [6.45, 7) is 0. The molecule has 0 saturated carbocycles. The molecule has 0 aliphatic carbocycles. The molecule has 0 N–H and O–H groups in total. The molecule has 188 valence electrons. The van der Waals surface area contributed by atoms with Crippen LogP contribution in [0.5, 0.6) is 0 Å². The minimum atomic E-state index is 0.434. The average molecular weight is 513 g/mol. The van der Waals surface area contributed by atoms with E-state index >= 15 is 0 Å². The quantitative estimate of drug-likeness (QED) is 0.235. The number of nitriles is 1. The summed E-state index contributed by atoms with van der Waals surface area (Å²) in [4.78, 5) is 8.88. The Morgan fingerprint density at radius 3 is 1.65 bits per heavy atom. The van der Waals surface area contributed by atoms with Gasteiger partial charge in [-0.15, -0.1) is 0 Å². The van der Waals surface area contributed by atoms with Gasteiger partial charge in [0.25, 0.3) is 0 Å². The van der Waals surface area contributed by atoms with E-state index < -0.39 is 0 Å². The van der Waals surface area contributed by atoms with Gasteiger partial charge in [0.05, 0.1) is 22.7 Å². The van der Waals surface area contributed by atoms with Crippen LogP contribution in [0.2, 0.25) is 0 Å². The van der Waals surface area contributed by atoms with Gasteiger partial charge in [-0.3, -0.25) is 0 Å². The van der Waals surface area contributed by atoms with Gasteiger partial charge < -0.3 is 9.80 Å². The molecule has 4 heteroatoms. The summed E-state index contributed by atoms with van der Waals surface area (Å²) in [5, 5.41) is 9.47. The van der Waals surface area contributed by atoms with Gasteiger partial charge in [0.15, 0.2) is 0 Å².